The van der Waals surface area contributed by atoms with Crippen LogP contribution in [0.4, 0.5) is 0 Å². The largest absolute Gasteiger partial charge is 0.290 e. The number of ketones is 1. The molecule has 0 saturated heterocycles. The van der Waals surface area contributed by atoms with Crippen LogP contribution in [-0.2, 0) is 4.79 Å². The molecule has 0 aromatic rings. The second-order valence-corrected chi connectivity index (χ2v) is 5.15. The van der Waals surface area contributed by atoms with Gasteiger partial charge in [0.1, 0.15) is 0 Å². The van der Waals surface area contributed by atoms with E-state index < -0.39 is 0 Å². The lowest BCUT2D eigenvalue weighted by Gasteiger charge is -2.29. The van der Waals surface area contributed by atoms with Gasteiger partial charge in [0, 0.05) is 0 Å². The Morgan fingerprint density at radius 2 is 2.00 bits per heavy atom. The smallest absolute Gasteiger partial charge is 0.181 e. The van der Waals surface area contributed by atoms with Gasteiger partial charge >= 0.3 is 0 Å². The zero-order chi connectivity index (χ0) is 11.6. The molecule has 0 aromatic carbocycles. The van der Waals surface area contributed by atoms with Crippen LogP contribution in [0.25, 0.3) is 0 Å². The third kappa shape index (κ3) is 2.39. The molecule has 1 aliphatic rings. The molecule has 84 valence electrons. The fraction of sp³-hybridized carbons (Fsp3) is 0.643. The predicted molar refractivity (Wildman–Crippen MR) is 64.7 cm³/mol. The average Bonchev–Trinajstić information content (AvgIpc) is 2.25. The van der Waals surface area contributed by atoms with Crippen molar-refractivity contribution in [3.05, 3.63) is 23.3 Å². The molecule has 1 atom stereocenters. The van der Waals surface area contributed by atoms with Crippen LogP contribution >= 0.6 is 0 Å². The van der Waals surface area contributed by atoms with Gasteiger partial charge in [0.2, 0.25) is 0 Å². The van der Waals surface area contributed by atoms with Gasteiger partial charge in [-0.1, -0.05) is 45.8 Å². The Kier molecular flexibility index (Phi) is 3.54. The fourth-order valence-corrected chi connectivity index (χ4v) is 2.12. The minimum atomic E-state index is 0.0925. The van der Waals surface area contributed by atoms with Crippen LogP contribution in [0.3, 0.4) is 0 Å². The van der Waals surface area contributed by atoms with Crippen molar-refractivity contribution in [1.29, 1.82) is 0 Å². The first kappa shape index (κ1) is 12.2. The first-order valence-electron chi connectivity index (χ1n) is 5.83. The molecule has 1 nitrogen and oxygen atoms in total. The zero-order valence-electron chi connectivity index (χ0n) is 10.6. The van der Waals surface area contributed by atoms with Gasteiger partial charge < -0.3 is 0 Å². The summed E-state index contributed by atoms with van der Waals surface area (Å²) in [6, 6.07) is 0. The molecule has 1 rings (SSSR count). The van der Waals surface area contributed by atoms with E-state index >= 15 is 0 Å². The molecule has 0 saturated carbocycles. The van der Waals surface area contributed by atoms with E-state index in [1.807, 2.05) is 0 Å². The summed E-state index contributed by atoms with van der Waals surface area (Å²) in [5.74, 6) is 0.661. The molecule has 0 fully saturated rings. The van der Waals surface area contributed by atoms with Gasteiger partial charge in [0.15, 0.2) is 5.78 Å². The van der Waals surface area contributed by atoms with Crippen LogP contribution in [0.5, 0.6) is 0 Å². The van der Waals surface area contributed by atoms with Crippen molar-refractivity contribution in [2.24, 2.45) is 11.3 Å². The highest BCUT2D eigenvalue weighted by molar-refractivity contribution is 6.04. The highest BCUT2D eigenvalue weighted by Gasteiger charge is 2.29. The summed E-state index contributed by atoms with van der Waals surface area (Å²) in [5, 5.41) is 0. The van der Waals surface area contributed by atoms with Crippen LogP contribution in [0.2, 0.25) is 0 Å². The van der Waals surface area contributed by atoms with Gasteiger partial charge in [0.05, 0.1) is 0 Å². The summed E-state index contributed by atoms with van der Waals surface area (Å²) in [6.07, 6.45) is 5.78. The van der Waals surface area contributed by atoms with Gasteiger partial charge in [0.25, 0.3) is 0 Å². The highest BCUT2D eigenvalue weighted by Crippen LogP contribution is 2.37. The Hall–Kier alpha value is -0.850. The fourth-order valence-electron chi connectivity index (χ4n) is 2.12. The topological polar surface area (TPSA) is 17.1 Å². The molecule has 0 heterocycles. The molecule has 15 heavy (non-hydrogen) atoms. The van der Waals surface area contributed by atoms with Crippen molar-refractivity contribution in [3.63, 3.8) is 0 Å². The molecule has 0 amide bonds. The van der Waals surface area contributed by atoms with E-state index in [2.05, 4.69) is 40.7 Å². The van der Waals surface area contributed by atoms with Crippen molar-refractivity contribution >= 4 is 5.78 Å². The molecule has 0 spiro atoms. The Morgan fingerprint density at radius 1 is 1.40 bits per heavy atom. The SMILES string of the molecule is CCCC1=C(C)C(C)C(C)(C)C=CC1=O. The number of allylic oxidation sites excluding steroid dienone is 4. The summed E-state index contributed by atoms with van der Waals surface area (Å²) in [7, 11) is 0. The van der Waals surface area contributed by atoms with Crippen molar-refractivity contribution in [3.8, 4) is 0 Å². The third-order valence-electron chi connectivity index (χ3n) is 3.70. The van der Waals surface area contributed by atoms with Crippen LogP contribution in [0, 0.1) is 11.3 Å². The maximum atomic E-state index is 11.9. The summed E-state index contributed by atoms with van der Waals surface area (Å²) >= 11 is 0. The molecule has 0 radical (unpaired) electrons. The minimum Gasteiger partial charge on any atom is -0.290 e. The van der Waals surface area contributed by atoms with E-state index in [4.69, 9.17) is 0 Å². The number of carbonyl (C=O) groups is 1. The summed E-state index contributed by atoms with van der Waals surface area (Å²) in [6.45, 7) is 10.8. The van der Waals surface area contributed by atoms with Crippen LogP contribution in [0.15, 0.2) is 23.3 Å². The van der Waals surface area contributed by atoms with E-state index in [1.165, 1.54) is 5.57 Å². The molecule has 1 unspecified atom stereocenters. The van der Waals surface area contributed by atoms with E-state index in [-0.39, 0.29) is 11.2 Å². The maximum Gasteiger partial charge on any atom is 0.181 e. The van der Waals surface area contributed by atoms with Crippen molar-refractivity contribution in [1.82, 2.24) is 0 Å². The third-order valence-corrected chi connectivity index (χ3v) is 3.70. The molecule has 0 aromatic heterocycles. The van der Waals surface area contributed by atoms with E-state index in [1.54, 1.807) is 6.08 Å². The normalized spacial score (nSPS) is 25.7. The quantitative estimate of drug-likeness (QED) is 0.669. The molecule has 0 N–H and O–H groups in total. The molecule has 0 aliphatic heterocycles. The lowest BCUT2D eigenvalue weighted by atomic mass is 9.76. The van der Waals surface area contributed by atoms with Gasteiger partial charge in [-0.3, -0.25) is 4.79 Å². The average molecular weight is 206 g/mol. The van der Waals surface area contributed by atoms with Gasteiger partial charge in [-0.15, -0.1) is 0 Å². The summed E-state index contributed by atoms with van der Waals surface area (Å²) in [5.41, 5.74) is 2.40. The van der Waals surface area contributed by atoms with Crippen molar-refractivity contribution < 1.29 is 4.79 Å². The standard InChI is InChI=1S/C14H22O/c1-6-7-12-10(2)11(3)14(4,5)9-8-13(12)15/h8-9,11H,6-7H2,1-5H3. The number of hydrogen-bond donors (Lipinski definition) is 0. The molecule has 1 heteroatoms. The lowest BCUT2D eigenvalue weighted by Crippen LogP contribution is -2.19. The molecular formula is C14H22O. The van der Waals surface area contributed by atoms with E-state index in [0.717, 1.165) is 18.4 Å². The van der Waals surface area contributed by atoms with E-state index in [9.17, 15) is 4.79 Å². The van der Waals surface area contributed by atoms with Crippen LogP contribution in [0.1, 0.15) is 47.5 Å². The Bertz CT molecular complexity index is 318. The summed E-state index contributed by atoms with van der Waals surface area (Å²) < 4.78 is 0. The Morgan fingerprint density at radius 3 is 2.53 bits per heavy atom. The van der Waals surface area contributed by atoms with Crippen LogP contribution < -0.4 is 0 Å². The minimum absolute atomic E-state index is 0.0925. The summed E-state index contributed by atoms with van der Waals surface area (Å²) in [4.78, 5) is 11.9. The Balaban J connectivity index is 3.17. The number of rotatable bonds is 2. The number of carbonyl (C=O) groups excluding carboxylic acids is 1. The number of hydrogen-bond acceptors (Lipinski definition) is 1. The second-order valence-electron chi connectivity index (χ2n) is 5.15. The molecular weight excluding hydrogens is 184 g/mol. The first-order chi connectivity index (χ1) is 6.90. The second kappa shape index (κ2) is 4.34. The van der Waals surface area contributed by atoms with Crippen LogP contribution in [-0.4, -0.2) is 5.78 Å². The van der Waals surface area contributed by atoms with Gasteiger partial charge in [-0.05, 0) is 36.3 Å². The molecule has 1 aliphatic carbocycles. The zero-order valence-corrected chi connectivity index (χ0v) is 10.6. The van der Waals surface area contributed by atoms with Gasteiger partial charge in [-0.25, -0.2) is 0 Å². The lowest BCUT2D eigenvalue weighted by molar-refractivity contribution is -0.111. The predicted octanol–water partition coefficient (Wildman–Crippen LogP) is 3.90. The first-order valence-corrected chi connectivity index (χ1v) is 5.83. The van der Waals surface area contributed by atoms with Crippen molar-refractivity contribution in [2.75, 3.05) is 0 Å². The van der Waals surface area contributed by atoms with Gasteiger partial charge in [-0.2, -0.15) is 0 Å². The maximum absolute atomic E-state index is 11.9. The molecule has 0 bridgehead atoms. The monoisotopic (exact) mass is 206 g/mol. The van der Waals surface area contributed by atoms with E-state index in [0.29, 0.717) is 5.92 Å². The van der Waals surface area contributed by atoms with Crippen molar-refractivity contribution in [2.45, 2.75) is 47.5 Å². The highest BCUT2D eigenvalue weighted by atomic mass is 16.1. The Labute approximate surface area is 93.3 Å².